The van der Waals surface area contributed by atoms with Gasteiger partial charge in [-0.2, -0.15) is 22.0 Å². The van der Waals surface area contributed by atoms with Crippen LogP contribution in [0.2, 0.25) is 0 Å². The molecule has 0 aromatic rings. The van der Waals surface area contributed by atoms with Crippen molar-refractivity contribution in [1.82, 2.24) is 0 Å². The third-order valence-corrected chi connectivity index (χ3v) is 2.30. The molecule has 11 heteroatoms. The summed E-state index contributed by atoms with van der Waals surface area (Å²) in [6.07, 6.45) is -12.3. The Hall–Kier alpha value is 0.0874. The first-order chi connectivity index (χ1) is 6.38. The Kier molecular flexibility index (Phi) is 6.48. The van der Waals surface area contributed by atoms with Gasteiger partial charge in [0.05, 0.1) is 0 Å². The van der Waals surface area contributed by atoms with E-state index in [4.69, 9.17) is 0 Å². The molecule has 0 aliphatic heterocycles. The zero-order valence-electron chi connectivity index (χ0n) is 7.89. The van der Waals surface area contributed by atoms with Gasteiger partial charge in [-0.25, -0.2) is 12.8 Å². The van der Waals surface area contributed by atoms with Gasteiger partial charge in [0.1, 0.15) is 0 Å². The quantitative estimate of drug-likeness (QED) is 0.365. The molecule has 1 unspecified atom stereocenters. The minimum atomic E-state index is -6.29. The van der Waals surface area contributed by atoms with Gasteiger partial charge in [-0.3, -0.25) is 0 Å². The van der Waals surface area contributed by atoms with Crippen LogP contribution in [0.25, 0.3) is 0 Å². The molecule has 0 aliphatic rings. The Morgan fingerprint density at radius 1 is 1.12 bits per heavy atom. The van der Waals surface area contributed by atoms with E-state index >= 15 is 0 Å². The summed E-state index contributed by atoms with van der Waals surface area (Å²) in [5.41, 5.74) is 0. The smallest absolute Gasteiger partial charge is 0.743 e. The molecule has 0 saturated heterocycles. The van der Waals surface area contributed by atoms with Crippen molar-refractivity contribution in [2.24, 2.45) is 0 Å². The summed E-state index contributed by atoms with van der Waals surface area (Å²) in [5.74, 6) is 0. The number of rotatable bonds is 4. The fraction of sp³-hybridized carbons (Fsp3) is 1.00. The maximum absolute atomic E-state index is 12.4. The van der Waals surface area contributed by atoms with E-state index in [0.29, 0.717) is 0 Å². The number of hydrogen-bond donors (Lipinski definition) is 0. The Bertz CT molecular complexity index is 313. The second-order valence-corrected chi connectivity index (χ2v) is 4.09. The maximum Gasteiger partial charge on any atom is 1.00 e. The standard InChI is InChI=1S/C5H6F6O3S.Li/c6-3(1-2-4(7,8)9)5(10,11)15(12,13)14;/h3H,1-2H2,(H,12,13,14);/q;+1/p-1. The first-order valence-electron chi connectivity index (χ1n) is 3.42. The largest absolute Gasteiger partial charge is 1.00 e. The van der Waals surface area contributed by atoms with Crippen molar-refractivity contribution in [1.29, 1.82) is 0 Å². The van der Waals surface area contributed by atoms with Crippen LogP contribution in [0.3, 0.4) is 0 Å². The first kappa shape index (κ1) is 18.5. The van der Waals surface area contributed by atoms with E-state index in [1.54, 1.807) is 0 Å². The van der Waals surface area contributed by atoms with Crippen LogP contribution in [0.4, 0.5) is 26.3 Å². The maximum atomic E-state index is 12.4. The Balaban J connectivity index is 0. The Labute approximate surface area is 99.1 Å². The van der Waals surface area contributed by atoms with Crippen molar-refractivity contribution in [2.45, 2.75) is 30.4 Å². The van der Waals surface area contributed by atoms with Crippen LogP contribution in [0.15, 0.2) is 0 Å². The van der Waals surface area contributed by atoms with Crippen LogP contribution < -0.4 is 18.9 Å². The van der Waals surface area contributed by atoms with E-state index in [0.717, 1.165) is 0 Å². The molecule has 0 aliphatic carbocycles. The molecule has 0 bridgehead atoms. The molecule has 16 heavy (non-hydrogen) atoms. The van der Waals surface area contributed by atoms with Crippen molar-refractivity contribution in [3.05, 3.63) is 0 Å². The van der Waals surface area contributed by atoms with Crippen LogP contribution in [0, 0.1) is 0 Å². The molecule has 0 amide bonds. The minimum Gasteiger partial charge on any atom is -0.743 e. The summed E-state index contributed by atoms with van der Waals surface area (Å²) in [5, 5.41) is -5.34. The van der Waals surface area contributed by atoms with Crippen LogP contribution in [0.5, 0.6) is 0 Å². The van der Waals surface area contributed by atoms with Crippen molar-refractivity contribution < 1.29 is 58.2 Å². The molecule has 3 nitrogen and oxygen atoms in total. The van der Waals surface area contributed by atoms with Crippen molar-refractivity contribution in [3.63, 3.8) is 0 Å². The van der Waals surface area contributed by atoms with Gasteiger partial charge < -0.3 is 4.55 Å². The van der Waals surface area contributed by atoms with E-state index < -0.39 is 40.6 Å². The summed E-state index contributed by atoms with van der Waals surface area (Å²) in [7, 11) is -6.29. The van der Waals surface area contributed by atoms with Crippen LogP contribution >= 0.6 is 0 Å². The molecule has 0 N–H and O–H groups in total. The molecule has 0 heterocycles. The summed E-state index contributed by atoms with van der Waals surface area (Å²) in [4.78, 5) is 0. The van der Waals surface area contributed by atoms with Gasteiger partial charge in [-0.05, 0) is 6.42 Å². The molecule has 0 saturated carbocycles. The van der Waals surface area contributed by atoms with Gasteiger partial charge in [0.25, 0.3) is 0 Å². The molecular weight excluding hydrogens is 261 g/mol. The third-order valence-electron chi connectivity index (χ3n) is 1.38. The van der Waals surface area contributed by atoms with Crippen LogP contribution in [0.1, 0.15) is 12.8 Å². The molecule has 0 spiro atoms. The van der Waals surface area contributed by atoms with Crippen LogP contribution in [-0.2, 0) is 10.1 Å². The second kappa shape index (κ2) is 5.62. The van der Waals surface area contributed by atoms with Gasteiger partial charge in [0, 0.05) is 6.42 Å². The van der Waals surface area contributed by atoms with E-state index in [1.165, 1.54) is 0 Å². The molecule has 0 rings (SSSR count). The van der Waals surface area contributed by atoms with Crippen molar-refractivity contribution in [2.75, 3.05) is 0 Å². The fourth-order valence-corrected chi connectivity index (χ4v) is 1.05. The SMILES string of the molecule is O=S(=O)([O-])C(F)(F)C(F)CCC(F)(F)F.[Li+]. The monoisotopic (exact) mass is 266 g/mol. The number of halogens is 6. The van der Waals surface area contributed by atoms with E-state index in [1.807, 2.05) is 0 Å². The summed E-state index contributed by atoms with van der Waals surface area (Å²) < 4.78 is 101. The zero-order valence-corrected chi connectivity index (χ0v) is 8.71. The van der Waals surface area contributed by atoms with E-state index in [9.17, 15) is 39.3 Å². The predicted molar refractivity (Wildman–Crippen MR) is 34.8 cm³/mol. The molecule has 0 aromatic carbocycles. The Morgan fingerprint density at radius 3 is 1.75 bits per heavy atom. The first-order valence-corrected chi connectivity index (χ1v) is 4.83. The molecule has 0 fully saturated rings. The third kappa shape index (κ3) is 5.43. The fourth-order valence-electron chi connectivity index (χ4n) is 0.615. The van der Waals surface area contributed by atoms with Crippen molar-refractivity contribution in [3.8, 4) is 0 Å². The summed E-state index contributed by atoms with van der Waals surface area (Å²) in [6.45, 7) is 0. The Morgan fingerprint density at radius 2 is 1.50 bits per heavy atom. The average molecular weight is 266 g/mol. The van der Waals surface area contributed by atoms with E-state index in [2.05, 4.69) is 0 Å². The topological polar surface area (TPSA) is 57.2 Å². The number of alkyl halides is 6. The average Bonchev–Trinajstić information content (AvgIpc) is 1.96. The molecule has 92 valence electrons. The van der Waals surface area contributed by atoms with E-state index in [-0.39, 0.29) is 18.9 Å². The van der Waals surface area contributed by atoms with Crippen LogP contribution in [-0.4, -0.2) is 30.6 Å². The number of hydrogen-bond acceptors (Lipinski definition) is 3. The summed E-state index contributed by atoms with van der Waals surface area (Å²) >= 11 is 0. The molecule has 1 atom stereocenters. The van der Waals surface area contributed by atoms with Gasteiger partial charge in [0.2, 0.25) is 0 Å². The predicted octanol–water partition coefficient (Wildman–Crippen LogP) is -1.19. The zero-order chi connectivity index (χ0) is 12.5. The second-order valence-electron chi connectivity index (χ2n) is 2.64. The normalized spacial score (nSPS) is 15.4. The van der Waals surface area contributed by atoms with Gasteiger partial charge in [-0.15, -0.1) is 0 Å². The minimum absolute atomic E-state index is 0. The van der Waals surface area contributed by atoms with Gasteiger partial charge in [-0.1, -0.05) is 0 Å². The van der Waals surface area contributed by atoms with Gasteiger partial charge in [0.15, 0.2) is 16.3 Å². The molecule has 0 aromatic heterocycles. The molecular formula is C5H5F6LiO3S. The van der Waals surface area contributed by atoms with Gasteiger partial charge >= 0.3 is 30.3 Å². The molecule has 0 radical (unpaired) electrons. The summed E-state index contributed by atoms with van der Waals surface area (Å²) in [6, 6.07) is 0. The van der Waals surface area contributed by atoms with Crippen molar-refractivity contribution >= 4 is 10.1 Å².